The van der Waals surface area contributed by atoms with Crippen molar-refractivity contribution in [1.29, 1.82) is 0 Å². The third kappa shape index (κ3) is 3.63. The average Bonchev–Trinajstić information content (AvgIpc) is 3.12. The molecule has 1 fully saturated rings. The number of aromatic nitrogens is 3. The van der Waals surface area contributed by atoms with Crippen LogP contribution in [0.3, 0.4) is 0 Å². The van der Waals surface area contributed by atoms with Crippen molar-refractivity contribution >= 4 is 16.7 Å². The molecule has 3 aromatic rings. The molecule has 28 heavy (non-hydrogen) atoms. The van der Waals surface area contributed by atoms with Crippen molar-refractivity contribution in [3.63, 3.8) is 0 Å². The lowest BCUT2D eigenvalue weighted by molar-refractivity contribution is -0.0686. The SMILES string of the molecule is CN(C)C[C@@H]1OCCN(C(=O)c2cc3ccccc3cn2)[C@H]1c1cnn(C)c1. The topological polar surface area (TPSA) is 63.5 Å². The third-order valence-corrected chi connectivity index (χ3v) is 5.07. The first kappa shape index (κ1) is 18.6. The summed E-state index contributed by atoms with van der Waals surface area (Å²) in [6.07, 6.45) is 5.41. The van der Waals surface area contributed by atoms with Crippen LogP contribution >= 0.6 is 0 Å². The highest BCUT2D eigenvalue weighted by molar-refractivity contribution is 5.96. The van der Waals surface area contributed by atoms with E-state index in [1.165, 1.54) is 0 Å². The van der Waals surface area contributed by atoms with Gasteiger partial charge in [-0.25, -0.2) is 0 Å². The Morgan fingerprint density at radius 3 is 2.75 bits per heavy atom. The molecule has 1 amide bonds. The molecule has 0 radical (unpaired) electrons. The molecule has 0 aliphatic carbocycles. The van der Waals surface area contributed by atoms with E-state index >= 15 is 0 Å². The lowest BCUT2D eigenvalue weighted by Gasteiger charge is -2.41. The monoisotopic (exact) mass is 379 g/mol. The predicted octanol–water partition coefficient (Wildman–Crippen LogP) is 2.11. The van der Waals surface area contributed by atoms with Crippen LogP contribution in [0, 0.1) is 0 Å². The summed E-state index contributed by atoms with van der Waals surface area (Å²) in [6.45, 7) is 1.75. The highest BCUT2D eigenvalue weighted by Crippen LogP contribution is 2.31. The van der Waals surface area contributed by atoms with Gasteiger partial charge in [-0.05, 0) is 25.5 Å². The van der Waals surface area contributed by atoms with Crippen LogP contribution in [0.1, 0.15) is 22.1 Å². The minimum absolute atomic E-state index is 0.0772. The Bertz CT molecular complexity index is 984. The van der Waals surface area contributed by atoms with Crippen LogP contribution in [0.15, 0.2) is 48.9 Å². The van der Waals surface area contributed by atoms with Crippen LogP contribution in [0.2, 0.25) is 0 Å². The van der Waals surface area contributed by atoms with Gasteiger partial charge in [0.15, 0.2) is 0 Å². The number of likely N-dealkylation sites (N-methyl/N-ethyl adjacent to an activating group) is 1. The number of ether oxygens (including phenoxy) is 1. The lowest BCUT2D eigenvalue weighted by Crippen LogP contribution is -2.51. The van der Waals surface area contributed by atoms with Gasteiger partial charge in [-0.1, -0.05) is 24.3 Å². The molecule has 7 nitrogen and oxygen atoms in total. The van der Waals surface area contributed by atoms with Crippen LogP contribution in [0.25, 0.3) is 10.8 Å². The Balaban J connectivity index is 1.70. The van der Waals surface area contributed by atoms with Gasteiger partial charge < -0.3 is 14.5 Å². The van der Waals surface area contributed by atoms with E-state index in [-0.39, 0.29) is 18.1 Å². The maximum Gasteiger partial charge on any atom is 0.273 e. The van der Waals surface area contributed by atoms with E-state index in [9.17, 15) is 4.79 Å². The van der Waals surface area contributed by atoms with Crippen LogP contribution in [0.5, 0.6) is 0 Å². The molecule has 1 aliphatic rings. The molecular formula is C21H25N5O2. The van der Waals surface area contributed by atoms with E-state index in [0.29, 0.717) is 25.4 Å². The number of fused-ring (bicyclic) bond motifs is 1. The van der Waals surface area contributed by atoms with Crippen LogP contribution in [0.4, 0.5) is 0 Å². The molecule has 0 bridgehead atoms. The smallest absolute Gasteiger partial charge is 0.273 e. The number of rotatable bonds is 4. The number of nitrogens with zero attached hydrogens (tertiary/aromatic N) is 5. The second-order valence-electron chi connectivity index (χ2n) is 7.48. The fourth-order valence-electron chi connectivity index (χ4n) is 3.81. The standard InChI is InChI=1S/C21H25N5O2/c1-24(2)14-19-20(17-12-23-25(3)13-17)26(8-9-28-19)21(27)18-10-15-6-4-5-7-16(15)11-22-18/h4-7,10-13,19-20H,8-9,14H2,1-3H3/t19-,20-/m0/s1. The zero-order valence-corrected chi connectivity index (χ0v) is 16.4. The van der Waals surface area contributed by atoms with Gasteiger partial charge in [0.1, 0.15) is 5.69 Å². The second kappa shape index (κ2) is 7.69. The molecule has 4 rings (SSSR count). The molecule has 0 N–H and O–H groups in total. The summed E-state index contributed by atoms with van der Waals surface area (Å²) in [4.78, 5) is 21.8. The maximum absolute atomic E-state index is 13.4. The second-order valence-corrected chi connectivity index (χ2v) is 7.48. The van der Waals surface area contributed by atoms with Crippen molar-refractivity contribution < 1.29 is 9.53 Å². The van der Waals surface area contributed by atoms with Gasteiger partial charge in [0.25, 0.3) is 5.91 Å². The summed E-state index contributed by atoms with van der Waals surface area (Å²) in [7, 11) is 5.90. The molecular weight excluding hydrogens is 354 g/mol. The van der Waals surface area contributed by atoms with E-state index < -0.39 is 0 Å². The van der Waals surface area contributed by atoms with E-state index in [1.54, 1.807) is 10.9 Å². The van der Waals surface area contributed by atoms with Crippen molar-refractivity contribution in [1.82, 2.24) is 24.6 Å². The molecule has 7 heteroatoms. The normalized spacial score (nSPS) is 20.1. The Morgan fingerprint density at radius 1 is 1.25 bits per heavy atom. The molecule has 1 saturated heterocycles. The molecule has 3 heterocycles. The Morgan fingerprint density at radius 2 is 2.04 bits per heavy atom. The summed E-state index contributed by atoms with van der Waals surface area (Å²) >= 11 is 0. The van der Waals surface area contributed by atoms with Gasteiger partial charge in [0, 0.05) is 43.5 Å². The van der Waals surface area contributed by atoms with E-state index in [1.807, 2.05) is 68.8 Å². The zero-order valence-electron chi connectivity index (χ0n) is 16.4. The minimum Gasteiger partial charge on any atom is -0.373 e. The molecule has 1 aliphatic heterocycles. The first-order valence-corrected chi connectivity index (χ1v) is 9.43. The van der Waals surface area contributed by atoms with E-state index in [4.69, 9.17) is 4.74 Å². The first-order chi connectivity index (χ1) is 13.5. The number of carbonyl (C=O) groups is 1. The van der Waals surface area contributed by atoms with Gasteiger partial charge in [0.2, 0.25) is 0 Å². The summed E-state index contributed by atoms with van der Waals surface area (Å²) < 4.78 is 7.82. The Kier molecular flexibility index (Phi) is 5.11. The van der Waals surface area contributed by atoms with Crippen molar-refractivity contribution in [3.05, 3.63) is 60.2 Å². The molecule has 2 aromatic heterocycles. The van der Waals surface area contributed by atoms with Gasteiger partial charge in [0.05, 0.1) is 24.9 Å². The third-order valence-electron chi connectivity index (χ3n) is 5.07. The highest BCUT2D eigenvalue weighted by atomic mass is 16.5. The number of carbonyl (C=O) groups excluding carboxylic acids is 1. The fraction of sp³-hybridized carbons (Fsp3) is 0.381. The van der Waals surface area contributed by atoms with Gasteiger partial charge in [-0.2, -0.15) is 5.10 Å². The largest absolute Gasteiger partial charge is 0.373 e. The molecule has 0 spiro atoms. The Labute approximate surface area is 164 Å². The minimum atomic E-state index is -0.203. The van der Waals surface area contributed by atoms with E-state index in [0.717, 1.165) is 16.3 Å². The molecule has 1 aromatic carbocycles. The highest BCUT2D eigenvalue weighted by Gasteiger charge is 2.38. The molecule has 0 unspecified atom stereocenters. The molecule has 146 valence electrons. The van der Waals surface area contributed by atoms with Crippen LogP contribution in [-0.2, 0) is 11.8 Å². The number of hydrogen-bond donors (Lipinski definition) is 0. The van der Waals surface area contributed by atoms with Gasteiger partial charge in [-0.15, -0.1) is 0 Å². The number of hydrogen-bond acceptors (Lipinski definition) is 5. The van der Waals surface area contributed by atoms with Crippen molar-refractivity contribution in [2.75, 3.05) is 33.8 Å². The maximum atomic E-state index is 13.4. The van der Waals surface area contributed by atoms with Crippen LogP contribution < -0.4 is 0 Å². The zero-order chi connectivity index (χ0) is 19.7. The van der Waals surface area contributed by atoms with Crippen molar-refractivity contribution in [2.24, 2.45) is 7.05 Å². The van der Waals surface area contributed by atoms with Gasteiger partial charge in [-0.3, -0.25) is 14.5 Å². The molecule has 2 atom stereocenters. The van der Waals surface area contributed by atoms with Crippen molar-refractivity contribution in [2.45, 2.75) is 12.1 Å². The summed E-state index contributed by atoms with van der Waals surface area (Å²) in [5.41, 5.74) is 1.43. The van der Waals surface area contributed by atoms with Crippen LogP contribution in [-0.4, -0.2) is 70.4 Å². The average molecular weight is 379 g/mol. The number of amides is 1. The molecule has 0 saturated carbocycles. The van der Waals surface area contributed by atoms with E-state index in [2.05, 4.69) is 15.0 Å². The fourth-order valence-corrected chi connectivity index (χ4v) is 3.81. The Hall–Kier alpha value is -2.77. The lowest BCUT2D eigenvalue weighted by atomic mass is 9.99. The number of aryl methyl sites for hydroxylation is 1. The quantitative estimate of drug-likeness (QED) is 0.695. The van der Waals surface area contributed by atoms with Crippen molar-refractivity contribution in [3.8, 4) is 0 Å². The summed E-state index contributed by atoms with van der Waals surface area (Å²) in [5.74, 6) is -0.0772. The number of morpholine rings is 1. The number of pyridine rings is 1. The summed E-state index contributed by atoms with van der Waals surface area (Å²) in [6, 6.07) is 9.60. The predicted molar refractivity (Wildman–Crippen MR) is 107 cm³/mol. The van der Waals surface area contributed by atoms with Gasteiger partial charge >= 0.3 is 0 Å². The first-order valence-electron chi connectivity index (χ1n) is 9.43. The number of benzene rings is 1. The summed E-state index contributed by atoms with van der Waals surface area (Å²) in [5, 5.41) is 6.34.